The third-order valence-corrected chi connectivity index (χ3v) is 2.04. The summed E-state index contributed by atoms with van der Waals surface area (Å²) in [4.78, 5) is 15.0. The average molecular weight is 208 g/mol. The lowest BCUT2D eigenvalue weighted by molar-refractivity contribution is -0.118. The fourth-order valence-electron chi connectivity index (χ4n) is 1.22. The highest BCUT2D eigenvalue weighted by Gasteiger charge is 2.11. The fourth-order valence-corrected chi connectivity index (χ4v) is 1.22. The molecule has 0 saturated heterocycles. The molecule has 15 heavy (non-hydrogen) atoms. The number of rotatable bonds is 3. The number of carbonyl (C=O) groups excluding carboxylic acids is 1. The molecule has 4 heteroatoms. The number of nitrogens with zero attached hydrogens (tertiary/aromatic N) is 2. The maximum absolute atomic E-state index is 11.7. The van der Waals surface area contributed by atoms with E-state index in [2.05, 4.69) is 0 Å². The van der Waals surface area contributed by atoms with E-state index in [1.165, 1.54) is 4.90 Å². The zero-order chi connectivity index (χ0) is 11.4. The Balaban J connectivity index is 2.76. The third kappa shape index (κ3) is 3.25. The van der Waals surface area contributed by atoms with Crippen molar-refractivity contribution in [3.8, 4) is 5.75 Å². The van der Waals surface area contributed by atoms with Crippen molar-refractivity contribution in [2.24, 2.45) is 0 Å². The average Bonchev–Trinajstić information content (AvgIpc) is 2.15. The number of hydrogen-bond donors (Lipinski definition) is 1. The van der Waals surface area contributed by atoms with E-state index in [1.807, 2.05) is 19.0 Å². The quantitative estimate of drug-likeness (QED) is 0.803. The minimum Gasteiger partial charge on any atom is -0.508 e. The van der Waals surface area contributed by atoms with E-state index >= 15 is 0 Å². The monoisotopic (exact) mass is 208 g/mol. The molecular weight excluding hydrogens is 192 g/mol. The lowest BCUT2D eigenvalue weighted by atomic mass is 10.3. The summed E-state index contributed by atoms with van der Waals surface area (Å²) in [5.41, 5.74) is 0.696. The summed E-state index contributed by atoms with van der Waals surface area (Å²) in [6.07, 6.45) is 0. The predicted molar refractivity (Wildman–Crippen MR) is 60.1 cm³/mol. The molecule has 0 fully saturated rings. The maximum atomic E-state index is 11.7. The SMILES string of the molecule is CN(C)CC(=O)N(C)c1cccc(O)c1. The van der Waals surface area contributed by atoms with Gasteiger partial charge in [0.05, 0.1) is 6.54 Å². The molecule has 4 nitrogen and oxygen atoms in total. The molecule has 1 amide bonds. The number of phenols is 1. The molecular formula is C11H16N2O2. The summed E-state index contributed by atoms with van der Waals surface area (Å²) in [7, 11) is 5.38. The number of amides is 1. The number of phenolic OH excluding ortho intramolecular Hbond substituents is 1. The molecule has 0 bridgehead atoms. The van der Waals surface area contributed by atoms with Crippen molar-refractivity contribution >= 4 is 11.6 Å². The normalized spacial score (nSPS) is 10.4. The van der Waals surface area contributed by atoms with Gasteiger partial charge in [0.15, 0.2) is 0 Å². The Morgan fingerprint density at radius 3 is 2.53 bits per heavy atom. The number of hydrogen-bond acceptors (Lipinski definition) is 3. The van der Waals surface area contributed by atoms with E-state index in [9.17, 15) is 9.90 Å². The highest BCUT2D eigenvalue weighted by atomic mass is 16.3. The molecule has 1 rings (SSSR count). The Bertz CT molecular complexity index is 350. The van der Waals surface area contributed by atoms with Crippen LogP contribution < -0.4 is 4.90 Å². The van der Waals surface area contributed by atoms with Crippen LogP contribution in [0, 0.1) is 0 Å². The Kier molecular flexibility index (Phi) is 3.68. The van der Waals surface area contributed by atoms with Crippen LogP contribution in [0.3, 0.4) is 0 Å². The summed E-state index contributed by atoms with van der Waals surface area (Å²) < 4.78 is 0. The van der Waals surface area contributed by atoms with Crippen LogP contribution in [0.1, 0.15) is 0 Å². The molecule has 1 aromatic rings. The minimum absolute atomic E-state index is 0.00870. The van der Waals surface area contributed by atoms with Crippen molar-refractivity contribution in [1.29, 1.82) is 0 Å². The lowest BCUT2D eigenvalue weighted by Gasteiger charge is -2.19. The molecule has 0 aromatic heterocycles. The maximum Gasteiger partial charge on any atom is 0.240 e. The second-order valence-corrected chi connectivity index (χ2v) is 3.71. The molecule has 0 radical (unpaired) electrons. The van der Waals surface area contributed by atoms with Gasteiger partial charge in [0.25, 0.3) is 0 Å². The van der Waals surface area contributed by atoms with E-state index in [-0.39, 0.29) is 11.7 Å². The van der Waals surface area contributed by atoms with Crippen LogP contribution in [-0.2, 0) is 4.79 Å². The molecule has 0 aliphatic carbocycles. The third-order valence-electron chi connectivity index (χ3n) is 2.04. The molecule has 0 heterocycles. The zero-order valence-electron chi connectivity index (χ0n) is 9.27. The molecule has 82 valence electrons. The Morgan fingerprint density at radius 1 is 1.33 bits per heavy atom. The second kappa shape index (κ2) is 4.79. The summed E-state index contributed by atoms with van der Waals surface area (Å²) in [5.74, 6) is 0.155. The van der Waals surface area contributed by atoms with Gasteiger partial charge in [-0.1, -0.05) is 6.07 Å². The molecule has 0 unspecified atom stereocenters. The molecule has 0 aliphatic rings. The summed E-state index contributed by atoms with van der Waals surface area (Å²) in [5, 5.41) is 9.28. The van der Waals surface area contributed by atoms with Gasteiger partial charge in [-0.05, 0) is 26.2 Å². The van der Waals surface area contributed by atoms with E-state index in [0.29, 0.717) is 12.2 Å². The molecule has 0 saturated carbocycles. The van der Waals surface area contributed by atoms with Gasteiger partial charge in [-0.3, -0.25) is 4.79 Å². The number of likely N-dealkylation sites (N-methyl/N-ethyl adjacent to an activating group) is 2. The van der Waals surface area contributed by atoms with Crippen LogP contribution in [0.4, 0.5) is 5.69 Å². The summed E-state index contributed by atoms with van der Waals surface area (Å²) in [6, 6.07) is 6.64. The molecule has 1 N–H and O–H groups in total. The van der Waals surface area contributed by atoms with Gasteiger partial charge in [0.1, 0.15) is 5.75 Å². The van der Waals surface area contributed by atoms with Crippen molar-refractivity contribution in [2.45, 2.75) is 0 Å². The zero-order valence-corrected chi connectivity index (χ0v) is 9.27. The molecule has 1 aromatic carbocycles. The van der Waals surface area contributed by atoms with E-state index in [0.717, 1.165) is 0 Å². The van der Waals surface area contributed by atoms with Crippen LogP contribution in [0.25, 0.3) is 0 Å². The van der Waals surface area contributed by atoms with E-state index in [4.69, 9.17) is 0 Å². The first-order valence-electron chi connectivity index (χ1n) is 4.71. The van der Waals surface area contributed by atoms with Gasteiger partial charge < -0.3 is 14.9 Å². The van der Waals surface area contributed by atoms with Crippen molar-refractivity contribution < 1.29 is 9.90 Å². The van der Waals surface area contributed by atoms with Gasteiger partial charge >= 0.3 is 0 Å². The first-order valence-corrected chi connectivity index (χ1v) is 4.71. The van der Waals surface area contributed by atoms with Crippen molar-refractivity contribution in [2.75, 3.05) is 32.6 Å². The number of benzene rings is 1. The van der Waals surface area contributed by atoms with E-state index < -0.39 is 0 Å². The Labute approximate surface area is 89.7 Å². The van der Waals surface area contributed by atoms with Crippen LogP contribution in [0.2, 0.25) is 0 Å². The van der Waals surface area contributed by atoms with Gasteiger partial charge in [0, 0.05) is 18.8 Å². The Hall–Kier alpha value is -1.55. The van der Waals surface area contributed by atoms with E-state index in [1.54, 1.807) is 31.3 Å². The van der Waals surface area contributed by atoms with Crippen LogP contribution in [0.15, 0.2) is 24.3 Å². The van der Waals surface area contributed by atoms with Crippen LogP contribution in [-0.4, -0.2) is 43.6 Å². The molecule has 0 spiro atoms. The summed E-state index contributed by atoms with van der Waals surface area (Å²) >= 11 is 0. The first kappa shape index (κ1) is 11.5. The molecule has 0 aliphatic heterocycles. The van der Waals surface area contributed by atoms with Gasteiger partial charge in [-0.25, -0.2) is 0 Å². The van der Waals surface area contributed by atoms with Gasteiger partial charge in [-0.15, -0.1) is 0 Å². The topological polar surface area (TPSA) is 43.8 Å². The lowest BCUT2D eigenvalue weighted by Crippen LogP contribution is -2.34. The van der Waals surface area contributed by atoms with Gasteiger partial charge in [-0.2, -0.15) is 0 Å². The van der Waals surface area contributed by atoms with Crippen molar-refractivity contribution in [3.63, 3.8) is 0 Å². The van der Waals surface area contributed by atoms with Crippen molar-refractivity contribution in [3.05, 3.63) is 24.3 Å². The minimum atomic E-state index is -0.00870. The number of aromatic hydroxyl groups is 1. The first-order chi connectivity index (χ1) is 7.00. The van der Waals surface area contributed by atoms with Crippen LogP contribution in [0.5, 0.6) is 5.75 Å². The molecule has 0 atom stereocenters. The smallest absolute Gasteiger partial charge is 0.240 e. The highest BCUT2D eigenvalue weighted by molar-refractivity contribution is 5.94. The second-order valence-electron chi connectivity index (χ2n) is 3.71. The van der Waals surface area contributed by atoms with Gasteiger partial charge in [0.2, 0.25) is 5.91 Å². The standard InChI is InChI=1S/C11H16N2O2/c1-12(2)8-11(15)13(3)9-5-4-6-10(14)7-9/h4-7,14H,8H2,1-3H3. The highest BCUT2D eigenvalue weighted by Crippen LogP contribution is 2.18. The number of anilines is 1. The largest absolute Gasteiger partial charge is 0.508 e. The fraction of sp³-hybridized carbons (Fsp3) is 0.364. The Morgan fingerprint density at radius 2 is 2.00 bits per heavy atom. The van der Waals surface area contributed by atoms with Crippen molar-refractivity contribution in [1.82, 2.24) is 4.90 Å². The number of carbonyl (C=O) groups is 1. The predicted octanol–water partition coefficient (Wildman–Crippen LogP) is 0.917. The van der Waals surface area contributed by atoms with Crippen LogP contribution >= 0.6 is 0 Å². The summed E-state index contributed by atoms with van der Waals surface area (Å²) in [6.45, 7) is 0.353.